The number of piperazine rings is 1. The first kappa shape index (κ1) is 15.8. The summed E-state index contributed by atoms with van der Waals surface area (Å²) < 4.78 is 0. The van der Waals surface area contributed by atoms with Gasteiger partial charge in [-0.2, -0.15) is 0 Å². The van der Waals surface area contributed by atoms with Gasteiger partial charge in [-0.25, -0.2) is 0 Å². The molecular weight excluding hydrogens is 258 g/mol. The van der Waals surface area contributed by atoms with Gasteiger partial charge in [-0.15, -0.1) is 0 Å². The van der Waals surface area contributed by atoms with Gasteiger partial charge in [0.1, 0.15) is 0 Å². The maximum absolute atomic E-state index is 3.46. The predicted molar refractivity (Wildman–Crippen MR) is 89.6 cm³/mol. The summed E-state index contributed by atoms with van der Waals surface area (Å²) in [5.74, 6) is 0.938. The molecule has 0 amide bonds. The molecule has 3 rings (SSSR count). The highest BCUT2D eigenvalue weighted by atomic mass is 15.3. The molecule has 2 heterocycles. The summed E-state index contributed by atoms with van der Waals surface area (Å²) in [6, 6.07) is 1.74. The maximum atomic E-state index is 3.46. The predicted octanol–water partition coefficient (Wildman–Crippen LogP) is 2.57. The average Bonchev–Trinajstić information content (AvgIpc) is 2.64. The van der Waals surface area contributed by atoms with Crippen LogP contribution in [0.15, 0.2) is 0 Å². The Balaban J connectivity index is 1.44. The SMILES string of the molecule is CC(C)(C)C1CCCC(N2CC(N3CCNCC3)C2)CC1. The van der Waals surface area contributed by atoms with Crippen LogP contribution in [0.5, 0.6) is 0 Å². The Labute approximate surface area is 131 Å². The number of hydrogen-bond donors (Lipinski definition) is 1. The summed E-state index contributed by atoms with van der Waals surface area (Å²) in [5.41, 5.74) is 0.507. The highest BCUT2D eigenvalue weighted by molar-refractivity contribution is 4.94. The zero-order chi connectivity index (χ0) is 14.9. The van der Waals surface area contributed by atoms with Gasteiger partial charge >= 0.3 is 0 Å². The fourth-order valence-corrected chi connectivity index (χ4v) is 4.58. The van der Waals surface area contributed by atoms with Crippen molar-refractivity contribution in [2.24, 2.45) is 11.3 Å². The molecule has 1 aliphatic carbocycles. The van der Waals surface area contributed by atoms with Crippen molar-refractivity contribution in [3.05, 3.63) is 0 Å². The first-order valence-electron chi connectivity index (χ1n) is 9.23. The van der Waals surface area contributed by atoms with E-state index in [4.69, 9.17) is 0 Å². The second-order valence-electron chi connectivity index (χ2n) is 8.62. The van der Waals surface area contributed by atoms with Gasteiger partial charge in [-0.1, -0.05) is 27.2 Å². The molecule has 3 heteroatoms. The number of nitrogens with one attached hydrogen (secondary N) is 1. The van der Waals surface area contributed by atoms with E-state index in [1.165, 1.54) is 71.4 Å². The van der Waals surface area contributed by atoms with Crippen LogP contribution in [0, 0.1) is 11.3 Å². The summed E-state index contributed by atoms with van der Waals surface area (Å²) in [5, 5.41) is 3.46. The third-order valence-corrected chi connectivity index (χ3v) is 6.24. The minimum atomic E-state index is 0.507. The monoisotopic (exact) mass is 293 g/mol. The van der Waals surface area contributed by atoms with Crippen molar-refractivity contribution < 1.29 is 0 Å². The number of nitrogens with zero attached hydrogens (tertiary/aromatic N) is 2. The molecule has 0 aromatic heterocycles. The van der Waals surface area contributed by atoms with E-state index >= 15 is 0 Å². The Kier molecular flexibility index (Phi) is 4.92. The fraction of sp³-hybridized carbons (Fsp3) is 1.00. The molecule has 3 fully saturated rings. The van der Waals surface area contributed by atoms with Crippen molar-refractivity contribution in [2.75, 3.05) is 39.3 Å². The minimum absolute atomic E-state index is 0.507. The summed E-state index contributed by atoms with van der Waals surface area (Å²) in [4.78, 5) is 5.50. The second-order valence-corrected chi connectivity index (χ2v) is 8.62. The van der Waals surface area contributed by atoms with E-state index < -0.39 is 0 Å². The lowest BCUT2D eigenvalue weighted by Crippen LogP contribution is -2.64. The standard InChI is InChI=1S/C18H35N3/c1-18(2,3)15-5-4-6-16(8-7-15)21-13-17(14-21)20-11-9-19-10-12-20/h15-17,19H,4-14H2,1-3H3. The molecule has 0 bridgehead atoms. The van der Waals surface area contributed by atoms with Crippen molar-refractivity contribution in [3.63, 3.8) is 0 Å². The van der Waals surface area contributed by atoms with Gasteiger partial charge in [-0.05, 0) is 37.0 Å². The first-order chi connectivity index (χ1) is 10.0. The van der Waals surface area contributed by atoms with Crippen LogP contribution < -0.4 is 5.32 Å². The zero-order valence-corrected chi connectivity index (χ0v) is 14.4. The molecule has 2 saturated heterocycles. The Morgan fingerprint density at radius 3 is 2.19 bits per heavy atom. The van der Waals surface area contributed by atoms with Crippen LogP contribution in [-0.4, -0.2) is 61.2 Å². The summed E-state index contributed by atoms with van der Waals surface area (Å²) in [6.45, 7) is 14.9. The molecule has 2 unspecified atom stereocenters. The largest absolute Gasteiger partial charge is 0.314 e. The normalized spacial score (nSPS) is 34.4. The molecule has 21 heavy (non-hydrogen) atoms. The van der Waals surface area contributed by atoms with Crippen molar-refractivity contribution in [1.29, 1.82) is 0 Å². The van der Waals surface area contributed by atoms with Gasteiger partial charge in [0.25, 0.3) is 0 Å². The molecule has 3 aliphatic rings. The Morgan fingerprint density at radius 2 is 1.52 bits per heavy atom. The Hall–Kier alpha value is -0.120. The van der Waals surface area contributed by atoms with Crippen molar-refractivity contribution >= 4 is 0 Å². The van der Waals surface area contributed by atoms with E-state index in [-0.39, 0.29) is 0 Å². The first-order valence-corrected chi connectivity index (χ1v) is 9.23. The fourth-order valence-electron chi connectivity index (χ4n) is 4.58. The highest BCUT2D eigenvalue weighted by Crippen LogP contribution is 2.38. The van der Waals surface area contributed by atoms with Crippen LogP contribution in [-0.2, 0) is 0 Å². The Morgan fingerprint density at radius 1 is 0.810 bits per heavy atom. The van der Waals surface area contributed by atoms with Crippen molar-refractivity contribution in [2.45, 2.75) is 65.0 Å². The summed E-state index contributed by atoms with van der Waals surface area (Å²) >= 11 is 0. The Bertz CT molecular complexity index is 324. The zero-order valence-electron chi connectivity index (χ0n) is 14.4. The molecule has 1 N–H and O–H groups in total. The van der Waals surface area contributed by atoms with Gasteiger partial charge in [0.2, 0.25) is 0 Å². The van der Waals surface area contributed by atoms with E-state index in [0.717, 1.165) is 18.0 Å². The van der Waals surface area contributed by atoms with E-state index in [2.05, 4.69) is 35.9 Å². The average molecular weight is 293 g/mol. The third-order valence-electron chi connectivity index (χ3n) is 6.24. The molecule has 0 radical (unpaired) electrons. The van der Waals surface area contributed by atoms with Gasteiger partial charge in [0, 0.05) is 51.4 Å². The molecule has 122 valence electrons. The second kappa shape index (κ2) is 6.55. The van der Waals surface area contributed by atoms with E-state index in [1.807, 2.05) is 0 Å². The molecule has 0 aromatic carbocycles. The van der Waals surface area contributed by atoms with Crippen LogP contribution >= 0.6 is 0 Å². The summed E-state index contributed by atoms with van der Waals surface area (Å²) in [6.07, 6.45) is 7.23. The lowest BCUT2D eigenvalue weighted by molar-refractivity contribution is -0.00497. The summed E-state index contributed by atoms with van der Waals surface area (Å²) in [7, 11) is 0. The molecule has 0 aromatic rings. The lowest BCUT2D eigenvalue weighted by Gasteiger charge is -2.50. The van der Waals surface area contributed by atoms with Crippen LogP contribution in [0.25, 0.3) is 0 Å². The minimum Gasteiger partial charge on any atom is -0.314 e. The van der Waals surface area contributed by atoms with Gasteiger partial charge in [-0.3, -0.25) is 9.80 Å². The van der Waals surface area contributed by atoms with E-state index in [1.54, 1.807) is 0 Å². The van der Waals surface area contributed by atoms with Crippen LogP contribution in [0.3, 0.4) is 0 Å². The van der Waals surface area contributed by atoms with E-state index in [9.17, 15) is 0 Å². The quantitative estimate of drug-likeness (QED) is 0.790. The molecule has 1 saturated carbocycles. The van der Waals surface area contributed by atoms with Crippen LogP contribution in [0.1, 0.15) is 52.9 Å². The topological polar surface area (TPSA) is 18.5 Å². The highest BCUT2D eigenvalue weighted by Gasteiger charge is 2.37. The molecule has 2 atom stereocenters. The number of hydrogen-bond acceptors (Lipinski definition) is 3. The van der Waals surface area contributed by atoms with E-state index in [0.29, 0.717) is 5.41 Å². The lowest BCUT2D eigenvalue weighted by atomic mass is 9.76. The van der Waals surface area contributed by atoms with Crippen LogP contribution in [0.2, 0.25) is 0 Å². The molecule has 2 aliphatic heterocycles. The van der Waals surface area contributed by atoms with Gasteiger partial charge < -0.3 is 5.32 Å². The number of rotatable bonds is 2. The van der Waals surface area contributed by atoms with Crippen molar-refractivity contribution in [3.8, 4) is 0 Å². The van der Waals surface area contributed by atoms with Crippen molar-refractivity contribution in [1.82, 2.24) is 15.1 Å². The third kappa shape index (κ3) is 3.80. The van der Waals surface area contributed by atoms with Gasteiger partial charge in [0.15, 0.2) is 0 Å². The number of likely N-dealkylation sites (tertiary alicyclic amines) is 1. The molecular formula is C18H35N3. The molecule has 0 spiro atoms. The van der Waals surface area contributed by atoms with Gasteiger partial charge in [0.05, 0.1) is 0 Å². The smallest absolute Gasteiger partial charge is 0.0351 e. The van der Waals surface area contributed by atoms with Crippen LogP contribution in [0.4, 0.5) is 0 Å². The maximum Gasteiger partial charge on any atom is 0.0351 e. The molecule has 3 nitrogen and oxygen atoms in total.